The van der Waals surface area contributed by atoms with Gasteiger partial charge in [-0.3, -0.25) is 4.79 Å². The summed E-state index contributed by atoms with van der Waals surface area (Å²) in [5.41, 5.74) is 0.533. The van der Waals surface area contributed by atoms with Crippen molar-refractivity contribution < 1.29 is 9.53 Å². The summed E-state index contributed by atoms with van der Waals surface area (Å²) in [7, 11) is 0. The van der Waals surface area contributed by atoms with Crippen molar-refractivity contribution in [1.82, 2.24) is 5.32 Å². The minimum absolute atomic E-state index is 0.186. The molecule has 3 nitrogen and oxygen atoms in total. The fraction of sp³-hybridized carbons (Fsp3) is 0.435. The number of ether oxygens (including phenoxy) is 1. The zero-order chi connectivity index (χ0) is 19.5. The molecule has 0 amide bonds. The first-order chi connectivity index (χ1) is 12.8. The highest BCUT2D eigenvalue weighted by Crippen LogP contribution is 2.40. The molecular formula is C23H28ClNO2. The van der Waals surface area contributed by atoms with Gasteiger partial charge in [0.05, 0.1) is 5.02 Å². The summed E-state index contributed by atoms with van der Waals surface area (Å²) in [5.74, 6) is 1.41. The third-order valence-corrected chi connectivity index (χ3v) is 5.56. The Morgan fingerprint density at radius 1 is 1.19 bits per heavy atom. The Balaban J connectivity index is 1.85. The van der Waals surface area contributed by atoms with E-state index < -0.39 is 0 Å². The van der Waals surface area contributed by atoms with E-state index in [1.54, 1.807) is 12.1 Å². The molecule has 1 unspecified atom stereocenters. The van der Waals surface area contributed by atoms with Gasteiger partial charge in [0.25, 0.3) is 0 Å². The third-order valence-electron chi connectivity index (χ3n) is 5.24. The third kappa shape index (κ3) is 4.91. The van der Waals surface area contributed by atoms with Crippen molar-refractivity contribution in [3.05, 3.63) is 59.1 Å². The van der Waals surface area contributed by atoms with Crippen LogP contribution in [0.5, 0.6) is 11.5 Å². The maximum Gasteiger partial charge on any atom is 0.170 e. The van der Waals surface area contributed by atoms with E-state index in [4.69, 9.17) is 16.3 Å². The van der Waals surface area contributed by atoms with Gasteiger partial charge in [-0.05, 0) is 61.6 Å². The van der Waals surface area contributed by atoms with E-state index in [-0.39, 0.29) is 16.6 Å². The predicted molar refractivity (Wildman–Crippen MR) is 111 cm³/mol. The van der Waals surface area contributed by atoms with Crippen molar-refractivity contribution in [3.63, 3.8) is 0 Å². The van der Waals surface area contributed by atoms with Crippen LogP contribution in [0, 0.1) is 10.8 Å². The minimum Gasteiger partial charge on any atom is -0.456 e. The zero-order valence-electron chi connectivity index (χ0n) is 16.3. The van der Waals surface area contributed by atoms with Crippen LogP contribution >= 0.6 is 11.6 Å². The van der Waals surface area contributed by atoms with Crippen LogP contribution in [-0.4, -0.2) is 18.9 Å². The highest BCUT2D eigenvalue weighted by molar-refractivity contribution is 6.32. The van der Waals surface area contributed by atoms with Crippen LogP contribution in [0.3, 0.4) is 0 Å². The molecule has 1 N–H and O–H groups in total. The molecule has 3 rings (SSSR count). The maximum atomic E-state index is 13.5. The lowest BCUT2D eigenvalue weighted by Crippen LogP contribution is -2.34. The molecule has 2 aromatic rings. The van der Waals surface area contributed by atoms with Crippen molar-refractivity contribution in [2.45, 2.75) is 40.0 Å². The number of Topliss-reactive ketones (excluding diaryl/α,β-unsaturated/α-hetero) is 1. The van der Waals surface area contributed by atoms with E-state index in [0.29, 0.717) is 22.1 Å². The number of carbonyl (C=O) groups is 1. The summed E-state index contributed by atoms with van der Waals surface area (Å²) < 4.78 is 5.91. The minimum atomic E-state index is -0.342. The van der Waals surface area contributed by atoms with Crippen molar-refractivity contribution in [3.8, 4) is 11.5 Å². The smallest absolute Gasteiger partial charge is 0.170 e. The van der Waals surface area contributed by atoms with Crippen LogP contribution < -0.4 is 10.1 Å². The molecule has 1 saturated heterocycles. The molecule has 1 aliphatic heterocycles. The van der Waals surface area contributed by atoms with Crippen LogP contribution in [-0.2, 0) is 0 Å². The van der Waals surface area contributed by atoms with E-state index in [1.165, 1.54) is 0 Å². The van der Waals surface area contributed by atoms with Crippen molar-refractivity contribution in [2.24, 2.45) is 10.8 Å². The highest BCUT2D eigenvalue weighted by Gasteiger charge is 2.42. The Bertz CT molecular complexity index is 790. The van der Waals surface area contributed by atoms with Crippen molar-refractivity contribution in [1.29, 1.82) is 0 Å². The lowest BCUT2D eigenvalue weighted by molar-refractivity contribution is 0.0783. The molecule has 0 bridgehead atoms. The number of rotatable bonds is 6. The molecule has 1 fully saturated rings. The average Bonchev–Trinajstić information content (AvgIpc) is 3.12. The summed E-state index contributed by atoms with van der Waals surface area (Å²) in [6.45, 7) is 8.29. The zero-order valence-corrected chi connectivity index (χ0v) is 17.1. The number of benzene rings is 2. The maximum absolute atomic E-state index is 13.5. The second kappa shape index (κ2) is 8.04. The Kier molecular flexibility index (Phi) is 5.92. The molecule has 0 saturated carbocycles. The molecular weight excluding hydrogens is 358 g/mol. The Hall–Kier alpha value is -1.84. The lowest BCUT2D eigenvalue weighted by atomic mass is 9.72. The number of halogens is 1. The van der Waals surface area contributed by atoms with Crippen LogP contribution in [0.1, 0.15) is 50.4 Å². The normalized spacial score (nSPS) is 19.9. The summed E-state index contributed by atoms with van der Waals surface area (Å²) in [4.78, 5) is 13.5. The van der Waals surface area contributed by atoms with Crippen LogP contribution in [0.2, 0.25) is 5.02 Å². The highest BCUT2D eigenvalue weighted by atomic mass is 35.5. The Morgan fingerprint density at radius 3 is 2.56 bits per heavy atom. The van der Waals surface area contributed by atoms with Gasteiger partial charge in [-0.1, -0.05) is 50.6 Å². The van der Waals surface area contributed by atoms with Crippen LogP contribution in [0.25, 0.3) is 0 Å². The van der Waals surface area contributed by atoms with E-state index in [9.17, 15) is 4.79 Å². The van der Waals surface area contributed by atoms with Crippen molar-refractivity contribution >= 4 is 17.4 Å². The quantitative estimate of drug-likeness (QED) is 0.608. The van der Waals surface area contributed by atoms with Gasteiger partial charge in [0, 0.05) is 17.5 Å². The SMILES string of the molecule is CC(C)(C)CCC1(C(=O)c2ccc(Cl)c(Oc3ccccc3)c2)CCNC1. The van der Waals surface area contributed by atoms with Gasteiger partial charge < -0.3 is 10.1 Å². The Labute approximate surface area is 167 Å². The van der Waals surface area contributed by atoms with Gasteiger partial charge >= 0.3 is 0 Å². The van der Waals surface area contributed by atoms with E-state index >= 15 is 0 Å². The molecule has 0 aliphatic carbocycles. The van der Waals surface area contributed by atoms with Gasteiger partial charge in [0.1, 0.15) is 11.5 Å². The van der Waals surface area contributed by atoms with Gasteiger partial charge in [-0.2, -0.15) is 0 Å². The van der Waals surface area contributed by atoms with E-state index in [1.807, 2.05) is 36.4 Å². The second-order valence-corrected chi connectivity index (χ2v) is 9.06. The predicted octanol–water partition coefficient (Wildman–Crippen LogP) is 6.12. The number of nitrogens with one attached hydrogen (secondary N) is 1. The van der Waals surface area contributed by atoms with Gasteiger partial charge in [0.2, 0.25) is 0 Å². The first-order valence-electron chi connectivity index (χ1n) is 9.57. The molecule has 0 aromatic heterocycles. The number of hydrogen-bond donors (Lipinski definition) is 1. The van der Waals surface area contributed by atoms with Crippen LogP contribution in [0.4, 0.5) is 0 Å². The Morgan fingerprint density at radius 2 is 1.93 bits per heavy atom. The average molecular weight is 386 g/mol. The molecule has 1 aliphatic rings. The first kappa shape index (κ1) is 19.9. The topological polar surface area (TPSA) is 38.3 Å². The first-order valence-corrected chi connectivity index (χ1v) is 9.95. The largest absolute Gasteiger partial charge is 0.456 e. The standard InChI is InChI=1S/C23H28ClNO2/c1-22(2,3)11-12-23(13-14-25-16-23)21(26)17-9-10-19(24)20(15-17)27-18-7-5-4-6-8-18/h4-10,15,25H,11-14,16H2,1-3H3. The second-order valence-electron chi connectivity index (χ2n) is 8.66. The molecule has 4 heteroatoms. The van der Waals surface area contributed by atoms with E-state index in [2.05, 4.69) is 26.1 Å². The summed E-state index contributed by atoms with van der Waals surface area (Å²) >= 11 is 6.32. The summed E-state index contributed by atoms with van der Waals surface area (Å²) in [5, 5.41) is 3.89. The monoisotopic (exact) mass is 385 g/mol. The van der Waals surface area contributed by atoms with Gasteiger partial charge in [0.15, 0.2) is 5.78 Å². The molecule has 1 atom stereocenters. The number of hydrogen-bond acceptors (Lipinski definition) is 3. The molecule has 0 spiro atoms. The van der Waals surface area contributed by atoms with Crippen LogP contribution in [0.15, 0.2) is 48.5 Å². The van der Waals surface area contributed by atoms with Gasteiger partial charge in [-0.15, -0.1) is 0 Å². The summed E-state index contributed by atoms with van der Waals surface area (Å²) in [6, 6.07) is 14.9. The fourth-order valence-electron chi connectivity index (χ4n) is 3.52. The fourth-order valence-corrected chi connectivity index (χ4v) is 3.68. The lowest BCUT2D eigenvalue weighted by Gasteiger charge is -2.30. The van der Waals surface area contributed by atoms with Crippen molar-refractivity contribution in [2.75, 3.05) is 13.1 Å². The molecule has 144 valence electrons. The molecule has 1 heterocycles. The number of para-hydroxylation sites is 1. The molecule has 27 heavy (non-hydrogen) atoms. The molecule has 0 radical (unpaired) electrons. The number of carbonyl (C=O) groups excluding carboxylic acids is 1. The summed E-state index contributed by atoms with van der Waals surface area (Å²) in [6.07, 6.45) is 2.78. The van der Waals surface area contributed by atoms with Gasteiger partial charge in [-0.25, -0.2) is 0 Å². The van der Waals surface area contributed by atoms with E-state index in [0.717, 1.165) is 32.4 Å². The molecule has 2 aromatic carbocycles. The number of ketones is 1.